The number of rotatable bonds is 5. The van der Waals surface area contributed by atoms with E-state index in [-0.39, 0.29) is 0 Å². The molecule has 0 radical (unpaired) electrons. The van der Waals surface area contributed by atoms with E-state index >= 15 is 0 Å². The summed E-state index contributed by atoms with van der Waals surface area (Å²) in [7, 11) is 0. The number of halogens is 1. The molecule has 1 heterocycles. The summed E-state index contributed by atoms with van der Waals surface area (Å²) in [6, 6.07) is 16.1. The molecule has 0 spiro atoms. The fourth-order valence-corrected chi connectivity index (χ4v) is 4.61. The molecular formula is C32H40BrN. The maximum atomic E-state index is 2.94. The van der Waals surface area contributed by atoms with Crippen LogP contribution in [0.4, 0.5) is 0 Å². The molecule has 1 aliphatic carbocycles. The second-order valence-corrected chi connectivity index (χ2v) is 8.07. The summed E-state index contributed by atoms with van der Waals surface area (Å²) in [4.78, 5) is 0. The van der Waals surface area contributed by atoms with Crippen LogP contribution < -0.4 is 0 Å². The Morgan fingerprint density at radius 3 is 2.41 bits per heavy atom. The summed E-state index contributed by atoms with van der Waals surface area (Å²) in [6.07, 6.45) is 17.7. The summed E-state index contributed by atoms with van der Waals surface area (Å²) in [6.45, 7) is 12.8. The molecule has 2 aromatic carbocycles. The van der Waals surface area contributed by atoms with Crippen LogP contribution in [0.15, 0.2) is 85.0 Å². The zero-order chi connectivity index (χ0) is 25.1. The van der Waals surface area contributed by atoms with Crippen LogP contribution in [0.25, 0.3) is 27.7 Å². The first-order valence-electron chi connectivity index (χ1n) is 12.4. The molecule has 180 valence electrons. The third-order valence-corrected chi connectivity index (χ3v) is 6.05. The Kier molecular flexibility index (Phi) is 11.4. The first kappa shape index (κ1) is 27.7. The van der Waals surface area contributed by atoms with Crippen LogP contribution in [-0.4, -0.2) is 10.4 Å². The fourth-order valence-electron chi connectivity index (χ4n) is 4.61. The van der Waals surface area contributed by atoms with Gasteiger partial charge in [0.15, 0.2) is 0 Å². The number of aryl methyl sites for hydroxylation is 2. The van der Waals surface area contributed by atoms with E-state index in [0.717, 1.165) is 12.8 Å². The van der Waals surface area contributed by atoms with Crippen LogP contribution in [0.5, 0.6) is 0 Å². The Balaban J connectivity index is 0.000000970. The highest BCUT2D eigenvalue weighted by atomic mass is 79.9. The molecule has 0 bridgehead atoms. The number of allylic oxidation sites excluding steroid dienone is 8. The molecule has 1 atom stereocenters. The first-order chi connectivity index (χ1) is 16.7. The molecule has 0 saturated heterocycles. The van der Waals surface area contributed by atoms with Crippen molar-refractivity contribution in [2.75, 3.05) is 5.83 Å². The second-order valence-electron chi connectivity index (χ2n) is 8.07. The molecule has 0 fully saturated rings. The summed E-state index contributed by atoms with van der Waals surface area (Å²) in [5.74, 6) is 1.81. The van der Waals surface area contributed by atoms with Crippen molar-refractivity contribution in [1.82, 2.24) is 4.57 Å². The Morgan fingerprint density at radius 2 is 1.79 bits per heavy atom. The van der Waals surface area contributed by atoms with Crippen LogP contribution in [0.3, 0.4) is 0 Å². The summed E-state index contributed by atoms with van der Waals surface area (Å²) >= 11 is 2.94. The number of aromatic nitrogens is 1. The Morgan fingerprint density at radius 1 is 1.06 bits per heavy atom. The van der Waals surface area contributed by atoms with Crippen LogP contribution in [-0.2, 0) is 0 Å². The molecule has 34 heavy (non-hydrogen) atoms. The van der Waals surface area contributed by atoms with Crippen LogP contribution in [0.1, 0.15) is 63.3 Å². The predicted molar refractivity (Wildman–Crippen MR) is 158 cm³/mol. The number of fused-ring (bicyclic) bond motifs is 1. The van der Waals surface area contributed by atoms with Gasteiger partial charge in [-0.1, -0.05) is 116 Å². The van der Waals surface area contributed by atoms with E-state index in [1.807, 2.05) is 19.7 Å². The topological polar surface area (TPSA) is 4.93 Å². The third kappa shape index (κ3) is 5.91. The molecule has 4 rings (SSSR count). The minimum atomic E-state index is 0.330. The van der Waals surface area contributed by atoms with Crippen molar-refractivity contribution in [1.29, 1.82) is 0 Å². The number of nitrogens with zero attached hydrogens (tertiary/aromatic N) is 1. The average molecular weight is 519 g/mol. The molecule has 1 aliphatic rings. The molecule has 1 unspecified atom stereocenters. The normalized spacial score (nSPS) is 15.2. The molecule has 1 aromatic heterocycles. The maximum Gasteiger partial charge on any atom is 0.0560 e. The van der Waals surface area contributed by atoms with Gasteiger partial charge in [-0.15, -0.1) is 0 Å². The molecule has 0 amide bonds. The number of hydrogen-bond acceptors (Lipinski definition) is 0. The van der Waals surface area contributed by atoms with Crippen LogP contribution >= 0.6 is 15.9 Å². The highest BCUT2D eigenvalue weighted by molar-refractivity contribution is 9.08. The lowest BCUT2D eigenvalue weighted by Crippen LogP contribution is -2.09. The summed E-state index contributed by atoms with van der Waals surface area (Å²) < 4.78 is 2.57. The van der Waals surface area contributed by atoms with Gasteiger partial charge in [-0.05, 0) is 67.8 Å². The fraction of sp³-hybridized carbons (Fsp3) is 0.312. The molecule has 0 saturated carbocycles. The van der Waals surface area contributed by atoms with Gasteiger partial charge in [-0.3, -0.25) is 0 Å². The van der Waals surface area contributed by atoms with Gasteiger partial charge in [0.2, 0.25) is 0 Å². The van der Waals surface area contributed by atoms with Crippen molar-refractivity contribution in [3.05, 3.63) is 102 Å². The molecule has 2 heteroatoms. The SMILES string of the molecule is C/C=C\C(=C/CC)c1ccc2c(C)c(-c3ccccc3C)n(C3C=CC=CC3)c2c1.CBr.CC. The predicted octanol–water partition coefficient (Wildman–Crippen LogP) is 10.4. The standard InChI is InChI=1S/C29H31N.C2H6.CH3Br/c1-5-12-23(13-6-2)24-18-19-27-22(4)29(26-17-11-10-14-21(26)3)30(28(27)20-24)25-15-8-7-9-16-25;2*1-2/h5,7-15,17-20,25H,6,16H2,1-4H3;1-2H3;1H3/b12-5-,23-13+;;. The van der Waals surface area contributed by atoms with Crippen molar-refractivity contribution >= 4 is 32.4 Å². The van der Waals surface area contributed by atoms with Gasteiger partial charge in [-0.25, -0.2) is 0 Å². The molecule has 0 aliphatic heterocycles. The van der Waals surface area contributed by atoms with E-state index in [1.54, 1.807) is 0 Å². The van der Waals surface area contributed by atoms with E-state index in [0.29, 0.717) is 6.04 Å². The lowest BCUT2D eigenvalue weighted by Gasteiger charge is -2.22. The van der Waals surface area contributed by atoms with Gasteiger partial charge >= 0.3 is 0 Å². The number of hydrogen-bond donors (Lipinski definition) is 0. The van der Waals surface area contributed by atoms with E-state index < -0.39 is 0 Å². The number of alkyl halides is 1. The quantitative estimate of drug-likeness (QED) is 0.234. The Labute approximate surface area is 215 Å². The minimum Gasteiger partial charge on any atom is -0.333 e. The van der Waals surface area contributed by atoms with Crippen molar-refractivity contribution in [2.24, 2.45) is 0 Å². The first-order valence-corrected chi connectivity index (χ1v) is 14.0. The van der Waals surface area contributed by atoms with Gasteiger partial charge < -0.3 is 4.57 Å². The van der Waals surface area contributed by atoms with Gasteiger partial charge in [0.05, 0.1) is 11.7 Å². The molecular weight excluding hydrogens is 478 g/mol. The van der Waals surface area contributed by atoms with Crippen molar-refractivity contribution < 1.29 is 0 Å². The zero-order valence-electron chi connectivity index (χ0n) is 21.9. The number of benzene rings is 2. The Bertz CT molecular complexity index is 1190. The minimum absolute atomic E-state index is 0.330. The van der Waals surface area contributed by atoms with E-state index in [1.165, 1.54) is 44.4 Å². The zero-order valence-corrected chi connectivity index (χ0v) is 23.5. The van der Waals surface area contributed by atoms with Crippen LogP contribution in [0, 0.1) is 13.8 Å². The Hall–Kier alpha value is -2.58. The lowest BCUT2D eigenvalue weighted by atomic mass is 10.00. The highest BCUT2D eigenvalue weighted by Gasteiger charge is 2.22. The second kappa shape index (κ2) is 14.0. The van der Waals surface area contributed by atoms with Crippen molar-refractivity contribution in [2.45, 2.75) is 60.4 Å². The highest BCUT2D eigenvalue weighted by Crippen LogP contribution is 2.40. The van der Waals surface area contributed by atoms with E-state index in [2.05, 4.69) is 133 Å². The molecule has 0 N–H and O–H groups in total. The van der Waals surface area contributed by atoms with E-state index in [4.69, 9.17) is 0 Å². The lowest BCUT2D eigenvalue weighted by molar-refractivity contribution is 0.634. The summed E-state index contributed by atoms with van der Waals surface area (Å²) in [5.41, 5.74) is 9.25. The largest absolute Gasteiger partial charge is 0.333 e. The van der Waals surface area contributed by atoms with Crippen LogP contribution in [0.2, 0.25) is 0 Å². The van der Waals surface area contributed by atoms with E-state index in [9.17, 15) is 0 Å². The third-order valence-electron chi connectivity index (χ3n) is 6.05. The van der Waals surface area contributed by atoms with Gasteiger partial charge in [-0.2, -0.15) is 0 Å². The summed E-state index contributed by atoms with van der Waals surface area (Å²) in [5, 5.41) is 1.34. The molecule has 3 aromatic rings. The monoisotopic (exact) mass is 517 g/mol. The smallest absolute Gasteiger partial charge is 0.0560 e. The van der Waals surface area contributed by atoms with Gasteiger partial charge in [0, 0.05) is 16.5 Å². The molecule has 1 nitrogen and oxygen atoms in total. The van der Waals surface area contributed by atoms with Gasteiger partial charge in [0.1, 0.15) is 0 Å². The van der Waals surface area contributed by atoms with Gasteiger partial charge in [0.25, 0.3) is 0 Å². The maximum absolute atomic E-state index is 2.94. The van der Waals surface area contributed by atoms with Crippen molar-refractivity contribution in [3.8, 4) is 11.3 Å². The van der Waals surface area contributed by atoms with Crippen molar-refractivity contribution in [3.63, 3.8) is 0 Å². The average Bonchev–Trinajstić information content (AvgIpc) is 3.18.